The third kappa shape index (κ3) is 7.42. The lowest BCUT2D eigenvalue weighted by Crippen LogP contribution is -2.04. The molecule has 218 valence electrons. The molecular weight excluding hydrogens is 560 g/mol. The molecule has 0 N–H and O–H groups in total. The summed E-state index contributed by atoms with van der Waals surface area (Å²) in [5.74, 6) is 0. The van der Waals surface area contributed by atoms with Crippen molar-refractivity contribution in [2.24, 2.45) is 0 Å². The summed E-state index contributed by atoms with van der Waals surface area (Å²) in [6.07, 6.45) is 19.8. The average Bonchev–Trinajstić information content (AvgIpc) is 3.05. The van der Waals surface area contributed by atoms with Gasteiger partial charge in [0, 0.05) is 12.4 Å². The lowest BCUT2D eigenvalue weighted by molar-refractivity contribution is 0.101. The first-order valence-corrected chi connectivity index (χ1v) is 13.6. The van der Waals surface area contributed by atoms with Crippen molar-refractivity contribution in [3.8, 4) is 34.2 Å². The number of aryl methyl sites for hydroxylation is 2. The van der Waals surface area contributed by atoms with E-state index in [0.29, 0.717) is 56.9 Å². The molecule has 0 aliphatic carbocycles. The van der Waals surface area contributed by atoms with E-state index in [1.807, 2.05) is 13.8 Å². The van der Waals surface area contributed by atoms with Gasteiger partial charge < -0.3 is 9.47 Å². The third-order valence-corrected chi connectivity index (χ3v) is 6.03. The van der Waals surface area contributed by atoms with E-state index in [1.54, 1.807) is 74.4 Å². The molecule has 6 aromatic rings. The van der Waals surface area contributed by atoms with E-state index >= 15 is 0 Å². The molecule has 0 amide bonds. The largest absolute Gasteiger partial charge is 0.369 e. The van der Waals surface area contributed by atoms with Gasteiger partial charge >= 0.3 is 0 Å². The Kier molecular flexibility index (Phi) is 8.80. The Morgan fingerprint density at radius 1 is 0.341 bits per heavy atom. The van der Waals surface area contributed by atoms with Crippen LogP contribution in [-0.2, 0) is 35.9 Å². The van der Waals surface area contributed by atoms with E-state index in [2.05, 4.69) is 59.8 Å². The van der Waals surface area contributed by atoms with Crippen LogP contribution < -0.4 is 0 Å². The zero-order valence-corrected chi connectivity index (χ0v) is 23.9. The van der Waals surface area contributed by atoms with Gasteiger partial charge in [0.2, 0.25) is 0 Å². The zero-order chi connectivity index (χ0) is 30.1. The maximum Gasteiger partial charge on any atom is 0.109 e. The quantitative estimate of drug-likeness (QED) is 0.216. The van der Waals surface area contributed by atoms with Gasteiger partial charge in [0.25, 0.3) is 0 Å². The molecule has 0 radical (unpaired) electrons. The number of hydrogen-bond acceptors (Lipinski definition) is 14. The summed E-state index contributed by atoms with van der Waals surface area (Å²) < 4.78 is 11.7. The smallest absolute Gasteiger partial charge is 0.109 e. The predicted molar refractivity (Wildman–Crippen MR) is 156 cm³/mol. The van der Waals surface area contributed by atoms with Crippen LogP contribution in [-0.4, -0.2) is 59.8 Å². The lowest BCUT2D eigenvalue weighted by Gasteiger charge is -2.08. The summed E-state index contributed by atoms with van der Waals surface area (Å²) in [5, 5.41) is 0. The second-order valence-corrected chi connectivity index (χ2v) is 9.66. The van der Waals surface area contributed by atoms with Crippen LogP contribution in [0.4, 0.5) is 0 Å². The van der Waals surface area contributed by atoms with E-state index in [9.17, 15) is 0 Å². The van der Waals surface area contributed by atoms with Crippen LogP contribution in [0.25, 0.3) is 34.2 Å². The molecule has 14 nitrogen and oxygen atoms in total. The molecule has 0 fully saturated rings. The van der Waals surface area contributed by atoms with E-state index in [1.165, 1.54) is 0 Å². The highest BCUT2D eigenvalue weighted by Gasteiger charge is 2.09. The van der Waals surface area contributed by atoms with Crippen molar-refractivity contribution in [3.05, 3.63) is 109 Å². The van der Waals surface area contributed by atoms with Crippen molar-refractivity contribution in [1.29, 1.82) is 0 Å². The van der Waals surface area contributed by atoms with Crippen molar-refractivity contribution in [1.82, 2.24) is 59.8 Å². The normalized spacial score (nSPS) is 11.0. The van der Waals surface area contributed by atoms with Crippen molar-refractivity contribution in [3.63, 3.8) is 0 Å². The van der Waals surface area contributed by atoms with Crippen LogP contribution >= 0.6 is 0 Å². The van der Waals surface area contributed by atoms with Crippen LogP contribution in [0, 0.1) is 13.8 Å². The Bertz CT molecular complexity index is 1750. The second-order valence-electron chi connectivity index (χ2n) is 9.66. The molecule has 0 unspecified atom stereocenters. The molecule has 0 saturated heterocycles. The first-order valence-electron chi connectivity index (χ1n) is 13.6. The van der Waals surface area contributed by atoms with E-state index < -0.39 is 0 Å². The number of nitrogens with zero attached hydrogens (tertiary/aromatic N) is 12. The molecule has 0 atom stereocenters. The Balaban J connectivity index is 1.04. The Labute approximate surface area is 252 Å². The number of hydrogen-bond donors (Lipinski definition) is 0. The first kappa shape index (κ1) is 28.5. The Hall–Kier alpha value is -5.60. The average molecular weight is 587 g/mol. The number of ether oxygens (including phenoxy) is 2. The molecule has 0 aliphatic heterocycles. The zero-order valence-electron chi connectivity index (χ0n) is 23.9. The highest BCUT2D eigenvalue weighted by atomic mass is 16.5. The molecule has 6 aromatic heterocycles. The minimum absolute atomic E-state index is 0.224. The molecule has 6 heterocycles. The molecule has 44 heavy (non-hydrogen) atoms. The summed E-state index contributed by atoms with van der Waals surface area (Å²) in [4.78, 5) is 52.9. The maximum absolute atomic E-state index is 5.86. The first-order chi connectivity index (χ1) is 21.6. The van der Waals surface area contributed by atoms with Gasteiger partial charge in [-0.1, -0.05) is 0 Å². The molecule has 0 aromatic carbocycles. The Morgan fingerprint density at radius 2 is 0.591 bits per heavy atom. The minimum atomic E-state index is 0.224. The van der Waals surface area contributed by atoms with Crippen molar-refractivity contribution in [2.75, 3.05) is 0 Å². The molecule has 0 saturated carbocycles. The fourth-order valence-corrected chi connectivity index (χ4v) is 4.09. The standard InChI is InChI=1S/C30H26N12O2/c1-19-3-31-9-25(37-19)27-11-33-5-21(39-27)15-43-17-23-7-35-13-29(41-23)30-14-36-8-24(42-30)18-44-16-22-6-34-12-28(40-22)26-10-32-4-20(2)38-26/h3-14H,15-18H2,1-2H3. The molecular formula is C30H26N12O2. The van der Waals surface area contributed by atoms with E-state index in [-0.39, 0.29) is 26.4 Å². The van der Waals surface area contributed by atoms with E-state index in [4.69, 9.17) is 9.47 Å². The molecule has 14 heteroatoms. The van der Waals surface area contributed by atoms with Gasteiger partial charge in [-0.05, 0) is 13.8 Å². The van der Waals surface area contributed by atoms with Gasteiger partial charge in [-0.25, -0.2) is 29.9 Å². The van der Waals surface area contributed by atoms with Crippen LogP contribution in [0.15, 0.2) is 74.4 Å². The lowest BCUT2D eigenvalue weighted by atomic mass is 10.3. The maximum atomic E-state index is 5.86. The van der Waals surface area contributed by atoms with Gasteiger partial charge in [0.05, 0.1) is 123 Å². The predicted octanol–water partition coefficient (Wildman–Crippen LogP) is 3.48. The summed E-state index contributed by atoms with van der Waals surface area (Å²) >= 11 is 0. The molecule has 0 spiro atoms. The topological polar surface area (TPSA) is 173 Å². The monoisotopic (exact) mass is 586 g/mol. The van der Waals surface area contributed by atoms with Gasteiger partial charge in [0.15, 0.2) is 0 Å². The van der Waals surface area contributed by atoms with Crippen molar-refractivity contribution >= 4 is 0 Å². The fourth-order valence-electron chi connectivity index (χ4n) is 4.09. The summed E-state index contributed by atoms with van der Waals surface area (Å²) in [6, 6.07) is 0. The van der Waals surface area contributed by atoms with Gasteiger partial charge in [-0.2, -0.15) is 0 Å². The molecule has 6 rings (SSSR count). The van der Waals surface area contributed by atoms with Gasteiger partial charge in [-0.15, -0.1) is 0 Å². The fraction of sp³-hybridized carbons (Fsp3) is 0.200. The van der Waals surface area contributed by atoms with E-state index in [0.717, 1.165) is 11.4 Å². The van der Waals surface area contributed by atoms with Crippen molar-refractivity contribution < 1.29 is 9.47 Å². The van der Waals surface area contributed by atoms with Crippen LogP contribution in [0.2, 0.25) is 0 Å². The van der Waals surface area contributed by atoms with Crippen molar-refractivity contribution in [2.45, 2.75) is 40.3 Å². The van der Waals surface area contributed by atoms with Crippen LogP contribution in [0.5, 0.6) is 0 Å². The highest BCUT2D eigenvalue weighted by molar-refractivity contribution is 5.52. The highest BCUT2D eigenvalue weighted by Crippen LogP contribution is 2.17. The van der Waals surface area contributed by atoms with Crippen LogP contribution in [0.3, 0.4) is 0 Å². The van der Waals surface area contributed by atoms with Crippen LogP contribution in [0.1, 0.15) is 34.2 Å². The summed E-state index contributed by atoms with van der Waals surface area (Å²) in [6.45, 7) is 4.68. The molecule has 0 bridgehead atoms. The molecule has 0 aliphatic rings. The second kappa shape index (κ2) is 13.6. The SMILES string of the molecule is Cc1cncc(-c2cncc(COCc3cncc(-c4cncc(COCc5cncc(-c6cncc(C)n6)n5)n4)n3)n2)n1. The number of aromatic nitrogens is 12. The summed E-state index contributed by atoms with van der Waals surface area (Å²) in [5.41, 5.74) is 7.91. The number of rotatable bonds is 11. The Morgan fingerprint density at radius 3 is 0.864 bits per heavy atom. The van der Waals surface area contributed by atoms with Gasteiger partial charge in [-0.3, -0.25) is 29.9 Å². The van der Waals surface area contributed by atoms with Gasteiger partial charge in [0.1, 0.15) is 34.2 Å². The minimum Gasteiger partial charge on any atom is -0.369 e. The summed E-state index contributed by atoms with van der Waals surface area (Å²) in [7, 11) is 0. The third-order valence-electron chi connectivity index (χ3n) is 6.03.